The predicted octanol–water partition coefficient (Wildman–Crippen LogP) is 3.28. The van der Waals surface area contributed by atoms with Crippen LogP contribution in [0.5, 0.6) is 5.75 Å². The van der Waals surface area contributed by atoms with Crippen molar-refractivity contribution in [3.8, 4) is 5.75 Å². The first-order valence-corrected chi connectivity index (χ1v) is 11.6. The number of nitrogens with zero attached hydrogens (tertiary/aromatic N) is 2. The number of carbonyl (C=O) groups excluding carboxylic acids is 2. The minimum absolute atomic E-state index is 0.0726. The van der Waals surface area contributed by atoms with Crippen molar-refractivity contribution in [1.29, 1.82) is 0 Å². The zero-order valence-corrected chi connectivity index (χ0v) is 19.7. The third-order valence-electron chi connectivity index (χ3n) is 6.14. The molecule has 0 saturated carbocycles. The molecule has 0 radical (unpaired) electrons. The molecule has 7 nitrogen and oxygen atoms in total. The lowest BCUT2D eigenvalue weighted by atomic mass is 10.0. The number of carbonyl (C=O) groups is 2. The molecule has 0 spiro atoms. The van der Waals surface area contributed by atoms with Crippen molar-refractivity contribution in [3.63, 3.8) is 0 Å². The van der Waals surface area contributed by atoms with Crippen molar-refractivity contribution in [2.75, 3.05) is 33.3 Å². The van der Waals surface area contributed by atoms with E-state index in [0.29, 0.717) is 19.5 Å². The predicted molar refractivity (Wildman–Crippen MR) is 130 cm³/mol. The summed E-state index contributed by atoms with van der Waals surface area (Å²) in [7, 11) is 1.69. The van der Waals surface area contributed by atoms with Gasteiger partial charge in [0.05, 0.1) is 13.4 Å². The van der Waals surface area contributed by atoms with E-state index in [2.05, 4.69) is 23.2 Å². The number of hydrogen-bond acceptors (Lipinski definition) is 5. The first-order chi connectivity index (χ1) is 16.5. The fourth-order valence-electron chi connectivity index (χ4n) is 4.31. The maximum Gasteiger partial charge on any atom is 0.287 e. The molecule has 1 aromatic heterocycles. The van der Waals surface area contributed by atoms with Gasteiger partial charge in [-0.25, -0.2) is 0 Å². The zero-order chi connectivity index (χ0) is 23.9. The van der Waals surface area contributed by atoms with Crippen LogP contribution in [0.4, 0.5) is 0 Å². The molecule has 1 aliphatic rings. The Hall–Kier alpha value is -3.58. The zero-order valence-electron chi connectivity index (χ0n) is 19.7. The van der Waals surface area contributed by atoms with Crippen LogP contribution in [-0.2, 0) is 17.8 Å². The minimum atomic E-state index is -0.664. The highest BCUT2D eigenvalue weighted by Gasteiger charge is 2.30. The van der Waals surface area contributed by atoms with Crippen LogP contribution in [0.2, 0.25) is 0 Å². The molecule has 34 heavy (non-hydrogen) atoms. The Labute approximate surface area is 200 Å². The van der Waals surface area contributed by atoms with E-state index < -0.39 is 6.04 Å². The maximum atomic E-state index is 13.5. The number of hydrogen-bond donors (Lipinski definition) is 1. The van der Waals surface area contributed by atoms with Gasteiger partial charge in [0.1, 0.15) is 11.8 Å². The van der Waals surface area contributed by atoms with E-state index >= 15 is 0 Å². The topological polar surface area (TPSA) is 75.0 Å². The second-order valence-corrected chi connectivity index (χ2v) is 8.61. The Kier molecular flexibility index (Phi) is 7.65. The van der Waals surface area contributed by atoms with Crippen LogP contribution in [0.1, 0.15) is 27.2 Å². The molecule has 0 bridgehead atoms. The fourth-order valence-corrected chi connectivity index (χ4v) is 4.31. The number of piperazine rings is 1. The molecule has 1 aliphatic heterocycles. The van der Waals surface area contributed by atoms with Crippen LogP contribution in [0.3, 0.4) is 0 Å². The average Bonchev–Trinajstić information content (AvgIpc) is 3.40. The molecule has 1 fully saturated rings. The maximum absolute atomic E-state index is 13.5. The monoisotopic (exact) mass is 461 g/mol. The number of benzene rings is 2. The average molecular weight is 462 g/mol. The van der Waals surface area contributed by atoms with Gasteiger partial charge < -0.3 is 19.4 Å². The van der Waals surface area contributed by atoms with E-state index in [1.807, 2.05) is 47.4 Å². The minimum Gasteiger partial charge on any atom is -0.496 e. The Balaban J connectivity index is 1.40. The van der Waals surface area contributed by atoms with E-state index in [-0.39, 0.29) is 17.6 Å². The van der Waals surface area contributed by atoms with Gasteiger partial charge in [-0.1, -0.05) is 48.0 Å². The molecule has 1 saturated heterocycles. The van der Waals surface area contributed by atoms with Crippen LogP contribution < -0.4 is 10.1 Å². The molecule has 4 rings (SSSR count). The van der Waals surface area contributed by atoms with Crippen molar-refractivity contribution in [2.45, 2.75) is 25.9 Å². The van der Waals surface area contributed by atoms with E-state index in [9.17, 15) is 9.59 Å². The summed E-state index contributed by atoms with van der Waals surface area (Å²) < 4.78 is 10.7. The second-order valence-electron chi connectivity index (χ2n) is 8.61. The first-order valence-electron chi connectivity index (χ1n) is 11.6. The number of rotatable bonds is 8. The fraction of sp³-hybridized carbons (Fsp3) is 0.333. The van der Waals surface area contributed by atoms with E-state index in [1.54, 1.807) is 19.2 Å². The first kappa shape index (κ1) is 23.6. The molecule has 1 atom stereocenters. The molecular formula is C27H31N3O4. The van der Waals surface area contributed by atoms with Gasteiger partial charge in [0.25, 0.3) is 5.91 Å². The standard InChI is InChI=1S/C27H31N3O4/c1-20-10-11-24(33-2)22(17-20)19-29-12-14-30(15-13-29)27(32)23(18-21-7-4-3-5-8-21)28-26(31)25-9-6-16-34-25/h3-11,16-17,23H,12-15,18-19H2,1-2H3,(H,28,31)/t23-/m0/s1. The van der Waals surface area contributed by atoms with Crippen molar-refractivity contribution in [3.05, 3.63) is 89.4 Å². The van der Waals surface area contributed by atoms with Crippen LogP contribution in [0, 0.1) is 6.92 Å². The molecule has 0 unspecified atom stereocenters. The normalized spacial score (nSPS) is 15.1. The molecule has 1 N–H and O–H groups in total. The molecule has 0 aliphatic carbocycles. The van der Waals surface area contributed by atoms with Gasteiger partial charge in [-0.2, -0.15) is 0 Å². The third kappa shape index (κ3) is 5.85. The summed E-state index contributed by atoms with van der Waals surface area (Å²) in [5, 5.41) is 2.88. The highest BCUT2D eigenvalue weighted by atomic mass is 16.5. The lowest BCUT2D eigenvalue weighted by molar-refractivity contribution is -0.135. The van der Waals surface area contributed by atoms with Gasteiger partial charge >= 0.3 is 0 Å². The molecule has 7 heteroatoms. The molecule has 178 valence electrons. The Morgan fingerprint density at radius 3 is 2.47 bits per heavy atom. The van der Waals surface area contributed by atoms with Crippen molar-refractivity contribution < 1.29 is 18.7 Å². The number of ether oxygens (including phenoxy) is 1. The van der Waals surface area contributed by atoms with Gasteiger partial charge in [0.15, 0.2) is 5.76 Å². The number of amides is 2. The molecule has 2 heterocycles. The summed E-state index contributed by atoms with van der Waals surface area (Å²) in [4.78, 5) is 30.3. The summed E-state index contributed by atoms with van der Waals surface area (Å²) >= 11 is 0. The highest BCUT2D eigenvalue weighted by Crippen LogP contribution is 2.22. The Morgan fingerprint density at radius 1 is 1.03 bits per heavy atom. The second kappa shape index (κ2) is 11.0. The van der Waals surface area contributed by atoms with Crippen molar-refractivity contribution in [1.82, 2.24) is 15.1 Å². The molecule has 2 amide bonds. The van der Waals surface area contributed by atoms with Crippen molar-refractivity contribution >= 4 is 11.8 Å². The van der Waals surface area contributed by atoms with E-state index in [4.69, 9.17) is 9.15 Å². The summed E-state index contributed by atoms with van der Waals surface area (Å²) in [5.41, 5.74) is 3.33. The Bertz CT molecular complexity index is 1090. The SMILES string of the molecule is COc1ccc(C)cc1CN1CCN(C(=O)[C@H](Cc2ccccc2)NC(=O)c2ccco2)CC1. The van der Waals surface area contributed by atoms with Gasteiger partial charge in [0.2, 0.25) is 5.91 Å². The number of methoxy groups -OCH3 is 1. The van der Waals surface area contributed by atoms with E-state index in [1.165, 1.54) is 11.8 Å². The lowest BCUT2D eigenvalue weighted by Gasteiger charge is -2.36. The van der Waals surface area contributed by atoms with Crippen LogP contribution >= 0.6 is 0 Å². The summed E-state index contributed by atoms with van der Waals surface area (Å²) in [6, 6.07) is 18.5. The summed E-state index contributed by atoms with van der Waals surface area (Å²) in [6.45, 7) is 5.57. The van der Waals surface area contributed by atoms with Crippen LogP contribution in [0.25, 0.3) is 0 Å². The number of nitrogens with one attached hydrogen (secondary N) is 1. The third-order valence-corrected chi connectivity index (χ3v) is 6.14. The van der Waals surface area contributed by atoms with Crippen LogP contribution in [0.15, 0.2) is 71.3 Å². The molecule has 3 aromatic rings. The van der Waals surface area contributed by atoms with Gasteiger partial charge in [0, 0.05) is 44.7 Å². The quantitative estimate of drug-likeness (QED) is 0.557. The number of furan rings is 1. The van der Waals surface area contributed by atoms with Gasteiger partial charge in [-0.15, -0.1) is 0 Å². The van der Waals surface area contributed by atoms with Gasteiger partial charge in [-0.3, -0.25) is 14.5 Å². The smallest absolute Gasteiger partial charge is 0.287 e. The lowest BCUT2D eigenvalue weighted by Crippen LogP contribution is -2.55. The van der Waals surface area contributed by atoms with Crippen LogP contribution in [-0.4, -0.2) is 60.9 Å². The Morgan fingerprint density at radius 2 is 1.79 bits per heavy atom. The number of aryl methyl sites for hydroxylation is 1. The molecule has 2 aromatic carbocycles. The highest BCUT2D eigenvalue weighted by molar-refractivity contribution is 5.95. The van der Waals surface area contributed by atoms with E-state index in [0.717, 1.165) is 36.5 Å². The van der Waals surface area contributed by atoms with Gasteiger partial charge in [-0.05, 0) is 30.7 Å². The summed E-state index contributed by atoms with van der Waals surface area (Å²) in [5.74, 6) is 0.622. The molecular weight excluding hydrogens is 430 g/mol. The largest absolute Gasteiger partial charge is 0.496 e. The summed E-state index contributed by atoms with van der Waals surface area (Å²) in [6.07, 6.45) is 1.87. The van der Waals surface area contributed by atoms with Crippen molar-refractivity contribution in [2.24, 2.45) is 0 Å².